The molecular weight excluding hydrogens is 452 g/mol. The molecule has 2 N–H and O–H groups in total. The van der Waals surface area contributed by atoms with Gasteiger partial charge in [0.25, 0.3) is 0 Å². The van der Waals surface area contributed by atoms with Crippen molar-refractivity contribution in [2.75, 3.05) is 11.9 Å². The van der Waals surface area contributed by atoms with Crippen molar-refractivity contribution in [1.82, 2.24) is 4.72 Å². The zero-order valence-corrected chi connectivity index (χ0v) is 21.1. The lowest BCUT2D eigenvalue weighted by Crippen LogP contribution is -2.39. The highest BCUT2D eigenvalue weighted by Gasteiger charge is 2.31. The molecule has 2 saturated carbocycles. The highest BCUT2D eigenvalue weighted by molar-refractivity contribution is 7.89. The number of carbonyl (C=O) groups excluding carboxylic acids is 2. The molecule has 3 aliphatic carbocycles. The van der Waals surface area contributed by atoms with Gasteiger partial charge in [0.15, 0.2) is 0 Å². The second-order valence-electron chi connectivity index (χ2n) is 10.1. The van der Waals surface area contributed by atoms with Crippen LogP contribution in [0, 0.1) is 11.8 Å². The van der Waals surface area contributed by atoms with E-state index >= 15 is 0 Å². The van der Waals surface area contributed by atoms with Gasteiger partial charge in [0, 0.05) is 17.6 Å². The lowest BCUT2D eigenvalue weighted by atomic mass is 9.86. The maximum absolute atomic E-state index is 13.3. The van der Waals surface area contributed by atoms with E-state index in [2.05, 4.69) is 10.0 Å². The highest BCUT2D eigenvalue weighted by atomic mass is 32.2. The van der Waals surface area contributed by atoms with Gasteiger partial charge in [-0.3, -0.25) is 9.59 Å². The summed E-state index contributed by atoms with van der Waals surface area (Å²) in [4.78, 5) is 25.2. The third-order valence-electron chi connectivity index (χ3n) is 7.65. The van der Waals surface area contributed by atoms with Crippen LogP contribution < -0.4 is 10.0 Å². The van der Waals surface area contributed by atoms with Gasteiger partial charge in [0.2, 0.25) is 15.9 Å². The fourth-order valence-corrected chi connectivity index (χ4v) is 7.08. The van der Waals surface area contributed by atoms with Gasteiger partial charge in [0.1, 0.15) is 0 Å². The van der Waals surface area contributed by atoms with Gasteiger partial charge in [-0.2, -0.15) is 0 Å². The van der Waals surface area contributed by atoms with Crippen LogP contribution in [0.1, 0.15) is 88.7 Å². The van der Waals surface area contributed by atoms with E-state index in [1.807, 2.05) is 0 Å². The summed E-state index contributed by atoms with van der Waals surface area (Å²) in [5.74, 6) is -0.295. The topological polar surface area (TPSA) is 102 Å². The number of hydrogen-bond acceptors (Lipinski definition) is 5. The third kappa shape index (κ3) is 6.00. The van der Waals surface area contributed by atoms with Gasteiger partial charge in [-0.1, -0.05) is 19.3 Å². The number of fused-ring (bicyclic) bond motifs is 1. The number of nitrogens with one attached hydrogen (secondary N) is 2. The van der Waals surface area contributed by atoms with Crippen molar-refractivity contribution in [1.29, 1.82) is 0 Å². The summed E-state index contributed by atoms with van der Waals surface area (Å²) in [6.07, 6.45) is 11.4. The van der Waals surface area contributed by atoms with E-state index in [9.17, 15) is 18.0 Å². The second-order valence-corrected chi connectivity index (χ2v) is 11.8. The number of anilines is 1. The molecular formula is C26H38N2O5S. The van der Waals surface area contributed by atoms with E-state index in [0.717, 1.165) is 62.5 Å². The van der Waals surface area contributed by atoms with Crippen LogP contribution in [-0.2, 0) is 37.2 Å². The van der Waals surface area contributed by atoms with Crippen molar-refractivity contribution < 1.29 is 22.7 Å². The number of benzene rings is 1. The van der Waals surface area contributed by atoms with Crippen LogP contribution in [0.5, 0.6) is 0 Å². The molecule has 0 spiro atoms. The minimum atomic E-state index is -3.74. The van der Waals surface area contributed by atoms with Gasteiger partial charge < -0.3 is 10.1 Å². The van der Waals surface area contributed by atoms with Crippen LogP contribution in [0.25, 0.3) is 0 Å². The number of rotatable bonds is 7. The molecule has 0 unspecified atom stereocenters. The fraction of sp³-hybridized carbons (Fsp3) is 0.692. The van der Waals surface area contributed by atoms with Gasteiger partial charge >= 0.3 is 5.97 Å². The first-order valence-corrected chi connectivity index (χ1v) is 14.5. The van der Waals surface area contributed by atoms with E-state index in [-0.39, 0.29) is 34.6 Å². The molecule has 0 heterocycles. The summed E-state index contributed by atoms with van der Waals surface area (Å²) in [6, 6.07) is 3.24. The standard InChI is InChI=1S/C26H38N2O5S/c1-2-33-26(30)19-12-14-21(15-13-19)28-34(31,32)22-16-20-10-6-7-11-23(20)24(17-22)27-25(29)18-8-4-3-5-9-18/h16-19,21,28H,2-15H2,1H3,(H,27,29). The van der Waals surface area contributed by atoms with Crippen molar-refractivity contribution in [3.05, 3.63) is 23.3 Å². The number of ether oxygens (including phenoxy) is 1. The average molecular weight is 491 g/mol. The lowest BCUT2D eigenvalue weighted by molar-refractivity contribution is -0.149. The monoisotopic (exact) mass is 490 g/mol. The summed E-state index contributed by atoms with van der Waals surface area (Å²) in [6.45, 7) is 2.16. The summed E-state index contributed by atoms with van der Waals surface area (Å²) in [5, 5.41) is 3.10. The van der Waals surface area contributed by atoms with E-state index < -0.39 is 10.0 Å². The number of sulfonamides is 1. The Balaban J connectivity index is 1.48. The minimum absolute atomic E-state index is 0.0148. The minimum Gasteiger partial charge on any atom is -0.466 e. The normalized spacial score (nSPS) is 23.7. The summed E-state index contributed by atoms with van der Waals surface area (Å²) in [7, 11) is -3.74. The summed E-state index contributed by atoms with van der Waals surface area (Å²) in [5.41, 5.74) is 2.78. The van der Waals surface area contributed by atoms with Crippen LogP contribution >= 0.6 is 0 Å². The molecule has 34 heavy (non-hydrogen) atoms. The maximum Gasteiger partial charge on any atom is 0.308 e. The fourth-order valence-electron chi connectivity index (χ4n) is 5.70. The molecule has 0 aliphatic heterocycles. The van der Waals surface area contributed by atoms with Crippen molar-refractivity contribution in [3.8, 4) is 0 Å². The number of aryl methyl sites for hydroxylation is 1. The molecule has 1 aromatic rings. The number of esters is 1. The zero-order valence-electron chi connectivity index (χ0n) is 20.2. The Morgan fingerprint density at radius 1 is 0.912 bits per heavy atom. The predicted molar refractivity (Wildman–Crippen MR) is 131 cm³/mol. The Morgan fingerprint density at radius 2 is 1.62 bits per heavy atom. The Hall–Kier alpha value is -1.93. The lowest BCUT2D eigenvalue weighted by Gasteiger charge is -2.28. The zero-order chi connectivity index (χ0) is 24.1. The molecule has 8 heteroatoms. The van der Waals surface area contributed by atoms with Gasteiger partial charge in [-0.05, 0) is 94.4 Å². The van der Waals surface area contributed by atoms with Gasteiger partial charge in [-0.15, -0.1) is 0 Å². The van der Waals surface area contributed by atoms with Gasteiger partial charge in [-0.25, -0.2) is 13.1 Å². The molecule has 1 aromatic carbocycles. The molecule has 0 atom stereocenters. The molecule has 0 aromatic heterocycles. The first-order valence-electron chi connectivity index (χ1n) is 13.0. The molecule has 0 bridgehead atoms. The third-order valence-corrected chi connectivity index (χ3v) is 9.15. The molecule has 1 amide bonds. The maximum atomic E-state index is 13.3. The molecule has 2 fully saturated rings. The van der Waals surface area contributed by atoms with Crippen LogP contribution in [0.3, 0.4) is 0 Å². The van der Waals surface area contributed by atoms with E-state index in [0.29, 0.717) is 38.0 Å². The van der Waals surface area contributed by atoms with Crippen LogP contribution in [0.15, 0.2) is 17.0 Å². The predicted octanol–water partition coefficient (Wildman–Crippen LogP) is 4.48. The number of hydrogen-bond donors (Lipinski definition) is 2. The van der Waals surface area contributed by atoms with Crippen molar-refractivity contribution in [3.63, 3.8) is 0 Å². The molecule has 3 aliphatic rings. The first kappa shape index (κ1) is 25.2. The number of amides is 1. The quantitative estimate of drug-likeness (QED) is 0.549. The van der Waals surface area contributed by atoms with Crippen molar-refractivity contribution in [2.24, 2.45) is 11.8 Å². The van der Waals surface area contributed by atoms with Crippen LogP contribution in [0.4, 0.5) is 5.69 Å². The van der Waals surface area contributed by atoms with E-state index in [4.69, 9.17) is 4.74 Å². The average Bonchev–Trinajstić information content (AvgIpc) is 2.85. The number of carbonyl (C=O) groups is 2. The van der Waals surface area contributed by atoms with E-state index in [1.165, 1.54) is 6.42 Å². The summed E-state index contributed by atoms with van der Waals surface area (Å²) < 4.78 is 34.6. The van der Waals surface area contributed by atoms with Crippen LogP contribution in [0.2, 0.25) is 0 Å². The highest BCUT2D eigenvalue weighted by Crippen LogP contribution is 2.34. The van der Waals surface area contributed by atoms with Crippen LogP contribution in [-0.4, -0.2) is 32.9 Å². The molecule has 188 valence electrons. The molecule has 0 saturated heterocycles. The van der Waals surface area contributed by atoms with Crippen molar-refractivity contribution >= 4 is 27.6 Å². The SMILES string of the molecule is CCOC(=O)C1CCC(NS(=O)(=O)c2cc3c(c(NC(=O)C4CCCCC4)c2)CCCC3)CC1. The second kappa shape index (κ2) is 11.2. The van der Waals surface area contributed by atoms with Crippen molar-refractivity contribution in [2.45, 2.75) is 101 Å². The molecule has 7 nitrogen and oxygen atoms in total. The Morgan fingerprint density at radius 3 is 2.32 bits per heavy atom. The molecule has 4 rings (SSSR count). The summed E-state index contributed by atoms with van der Waals surface area (Å²) >= 11 is 0. The Bertz CT molecular complexity index is 993. The Labute approximate surface area is 203 Å². The van der Waals surface area contributed by atoms with E-state index in [1.54, 1.807) is 19.1 Å². The Kier molecular flexibility index (Phi) is 8.30. The first-order chi connectivity index (χ1) is 16.4. The van der Waals surface area contributed by atoms with Gasteiger partial charge in [0.05, 0.1) is 17.4 Å². The largest absolute Gasteiger partial charge is 0.466 e. The smallest absolute Gasteiger partial charge is 0.308 e. The molecule has 0 radical (unpaired) electrons.